The van der Waals surface area contributed by atoms with E-state index in [1.165, 1.54) is 18.4 Å². The van der Waals surface area contributed by atoms with E-state index in [9.17, 15) is 13.2 Å². The van der Waals surface area contributed by atoms with E-state index >= 15 is 0 Å². The Morgan fingerprint density at radius 1 is 1.35 bits per heavy atom. The molecule has 0 saturated heterocycles. The summed E-state index contributed by atoms with van der Waals surface area (Å²) < 4.78 is 24.4. The average molecular weight is 305 g/mol. The van der Waals surface area contributed by atoms with Crippen LogP contribution in [-0.4, -0.2) is 51.6 Å². The van der Waals surface area contributed by atoms with Gasteiger partial charge < -0.3 is 11.1 Å². The molecule has 0 aromatic carbocycles. The Balaban J connectivity index is 2.53. The second-order valence-electron chi connectivity index (χ2n) is 6.02. The highest BCUT2D eigenvalue weighted by molar-refractivity contribution is 7.89. The van der Waals surface area contributed by atoms with Gasteiger partial charge in [-0.15, -0.1) is 0 Å². The molecular formula is C13H27N3O3S. The van der Waals surface area contributed by atoms with Crippen molar-refractivity contribution in [3.63, 3.8) is 0 Å². The van der Waals surface area contributed by atoms with Crippen LogP contribution in [0.5, 0.6) is 0 Å². The van der Waals surface area contributed by atoms with Gasteiger partial charge in [-0.2, -0.15) is 0 Å². The van der Waals surface area contributed by atoms with E-state index in [4.69, 9.17) is 5.73 Å². The number of sulfonamides is 1. The Kier molecular flexibility index (Phi) is 5.97. The minimum Gasteiger partial charge on any atom is -0.355 e. The van der Waals surface area contributed by atoms with Crippen molar-refractivity contribution in [2.75, 3.05) is 32.9 Å². The standard InChI is InChI=1S/C13H27N3O3S/c1-11-4-6-13(10-14,7-5-11)12(17)15-8-9-20(18,19)16(2)3/h11H,4-10,14H2,1-3H3,(H,15,17). The molecule has 0 atom stereocenters. The average Bonchev–Trinajstić information content (AvgIpc) is 2.39. The first-order valence-electron chi connectivity index (χ1n) is 7.12. The first-order chi connectivity index (χ1) is 9.23. The molecular weight excluding hydrogens is 278 g/mol. The zero-order chi connectivity index (χ0) is 15.4. The van der Waals surface area contributed by atoms with Crippen molar-refractivity contribution < 1.29 is 13.2 Å². The summed E-state index contributed by atoms with van der Waals surface area (Å²) in [5.41, 5.74) is 5.30. The van der Waals surface area contributed by atoms with Gasteiger partial charge in [0.1, 0.15) is 0 Å². The molecule has 0 spiro atoms. The minimum absolute atomic E-state index is 0.0806. The topological polar surface area (TPSA) is 92.5 Å². The highest BCUT2D eigenvalue weighted by Crippen LogP contribution is 2.38. The molecule has 0 aromatic heterocycles. The minimum atomic E-state index is -3.27. The molecule has 1 aliphatic rings. The number of rotatable bonds is 6. The zero-order valence-corrected chi connectivity index (χ0v) is 13.5. The summed E-state index contributed by atoms with van der Waals surface area (Å²) in [6.07, 6.45) is 3.58. The molecule has 1 amide bonds. The highest BCUT2D eigenvalue weighted by Gasteiger charge is 2.39. The molecule has 1 fully saturated rings. The van der Waals surface area contributed by atoms with Crippen LogP contribution in [0.1, 0.15) is 32.6 Å². The maximum atomic E-state index is 12.3. The summed E-state index contributed by atoms with van der Waals surface area (Å²) in [6.45, 7) is 2.64. The second-order valence-corrected chi connectivity index (χ2v) is 8.32. The van der Waals surface area contributed by atoms with Crippen molar-refractivity contribution in [1.29, 1.82) is 0 Å². The molecule has 0 heterocycles. The van der Waals surface area contributed by atoms with Crippen molar-refractivity contribution in [2.45, 2.75) is 32.6 Å². The molecule has 20 heavy (non-hydrogen) atoms. The third kappa shape index (κ3) is 4.17. The monoisotopic (exact) mass is 305 g/mol. The summed E-state index contributed by atoms with van der Waals surface area (Å²) in [5.74, 6) is 0.459. The molecule has 3 N–H and O–H groups in total. The maximum absolute atomic E-state index is 12.3. The van der Waals surface area contributed by atoms with E-state index in [1.54, 1.807) is 0 Å². The molecule has 6 nitrogen and oxygen atoms in total. The Morgan fingerprint density at radius 3 is 2.35 bits per heavy atom. The Hall–Kier alpha value is -0.660. The number of nitrogens with one attached hydrogen (secondary N) is 1. The first kappa shape index (κ1) is 17.4. The molecule has 7 heteroatoms. The molecule has 118 valence electrons. The Bertz CT molecular complexity index is 426. The van der Waals surface area contributed by atoms with Gasteiger partial charge in [0, 0.05) is 27.2 Å². The van der Waals surface area contributed by atoms with Gasteiger partial charge in [0.15, 0.2) is 0 Å². The van der Waals surface area contributed by atoms with Crippen LogP contribution in [0.2, 0.25) is 0 Å². The van der Waals surface area contributed by atoms with Crippen molar-refractivity contribution in [1.82, 2.24) is 9.62 Å². The molecule has 0 aliphatic heterocycles. The van der Waals surface area contributed by atoms with Gasteiger partial charge in [-0.3, -0.25) is 4.79 Å². The normalized spacial score (nSPS) is 27.6. The van der Waals surface area contributed by atoms with Crippen LogP contribution in [0.25, 0.3) is 0 Å². The van der Waals surface area contributed by atoms with Gasteiger partial charge in [0.2, 0.25) is 15.9 Å². The molecule has 0 unspecified atom stereocenters. The van der Waals surface area contributed by atoms with E-state index in [2.05, 4.69) is 12.2 Å². The molecule has 0 radical (unpaired) electrons. The lowest BCUT2D eigenvalue weighted by Crippen LogP contribution is -2.49. The van der Waals surface area contributed by atoms with Crippen LogP contribution in [0.3, 0.4) is 0 Å². The Morgan fingerprint density at radius 2 is 1.90 bits per heavy atom. The van der Waals surface area contributed by atoms with Gasteiger partial charge in [-0.1, -0.05) is 6.92 Å². The fourth-order valence-electron chi connectivity index (χ4n) is 2.50. The number of carbonyl (C=O) groups is 1. The van der Waals surface area contributed by atoms with E-state index < -0.39 is 15.4 Å². The first-order valence-corrected chi connectivity index (χ1v) is 8.73. The molecule has 0 aromatic rings. The lowest BCUT2D eigenvalue weighted by molar-refractivity contribution is -0.132. The van der Waals surface area contributed by atoms with Crippen LogP contribution in [0, 0.1) is 11.3 Å². The predicted molar refractivity (Wildman–Crippen MR) is 79.6 cm³/mol. The van der Waals surface area contributed by atoms with E-state index in [0.717, 1.165) is 25.7 Å². The Labute approximate surface area is 122 Å². The van der Waals surface area contributed by atoms with Crippen LogP contribution >= 0.6 is 0 Å². The number of amides is 1. The van der Waals surface area contributed by atoms with Crippen LogP contribution in [0.4, 0.5) is 0 Å². The lowest BCUT2D eigenvalue weighted by Gasteiger charge is -2.37. The zero-order valence-electron chi connectivity index (χ0n) is 12.7. The summed E-state index contributed by atoms with van der Waals surface area (Å²) in [5, 5.41) is 2.75. The van der Waals surface area contributed by atoms with Crippen LogP contribution in [0.15, 0.2) is 0 Å². The highest BCUT2D eigenvalue weighted by atomic mass is 32.2. The maximum Gasteiger partial charge on any atom is 0.227 e. The molecule has 1 rings (SSSR count). The van der Waals surface area contributed by atoms with Crippen LogP contribution in [-0.2, 0) is 14.8 Å². The van der Waals surface area contributed by atoms with E-state index in [0.29, 0.717) is 12.5 Å². The number of hydrogen-bond acceptors (Lipinski definition) is 4. The number of nitrogens with zero attached hydrogens (tertiary/aromatic N) is 1. The fourth-order valence-corrected chi connectivity index (χ4v) is 3.23. The fraction of sp³-hybridized carbons (Fsp3) is 0.923. The summed E-state index contributed by atoms with van der Waals surface area (Å²) in [7, 11) is -0.298. The van der Waals surface area contributed by atoms with Gasteiger partial charge >= 0.3 is 0 Å². The third-order valence-corrected chi connectivity index (χ3v) is 6.14. The van der Waals surface area contributed by atoms with Crippen molar-refractivity contribution in [3.05, 3.63) is 0 Å². The number of carbonyl (C=O) groups excluding carboxylic acids is 1. The molecule has 1 aliphatic carbocycles. The lowest BCUT2D eigenvalue weighted by atomic mass is 9.70. The van der Waals surface area contributed by atoms with E-state index in [-0.39, 0.29) is 18.2 Å². The van der Waals surface area contributed by atoms with Crippen LogP contribution < -0.4 is 11.1 Å². The number of nitrogens with two attached hydrogens (primary N) is 1. The summed E-state index contributed by atoms with van der Waals surface area (Å²) in [4.78, 5) is 12.3. The van der Waals surface area contributed by atoms with Crippen molar-refractivity contribution in [2.24, 2.45) is 17.1 Å². The van der Waals surface area contributed by atoms with Crippen molar-refractivity contribution in [3.8, 4) is 0 Å². The third-order valence-electron chi connectivity index (χ3n) is 4.31. The van der Waals surface area contributed by atoms with Crippen molar-refractivity contribution >= 4 is 15.9 Å². The molecule has 0 bridgehead atoms. The van der Waals surface area contributed by atoms with E-state index in [1.807, 2.05) is 0 Å². The SMILES string of the molecule is CC1CCC(CN)(C(=O)NCCS(=O)(=O)N(C)C)CC1. The second kappa shape index (κ2) is 6.87. The summed E-state index contributed by atoms with van der Waals surface area (Å²) >= 11 is 0. The largest absolute Gasteiger partial charge is 0.355 e. The van der Waals surface area contributed by atoms with Gasteiger partial charge in [0.25, 0.3) is 0 Å². The van der Waals surface area contributed by atoms with Gasteiger partial charge in [-0.05, 0) is 31.6 Å². The quantitative estimate of drug-likeness (QED) is 0.730. The van der Waals surface area contributed by atoms with Gasteiger partial charge in [0.05, 0.1) is 11.2 Å². The summed E-state index contributed by atoms with van der Waals surface area (Å²) in [6, 6.07) is 0. The molecule has 1 saturated carbocycles. The van der Waals surface area contributed by atoms with Gasteiger partial charge in [-0.25, -0.2) is 12.7 Å². The predicted octanol–water partition coefficient (Wildman–Crippen LogP) is 0.149. The smallest absolute Gasteiger partial charge is 0.227 e. The number of hydrogen-bond donors (Lipinski definition) is 2.